The van der Waals surface area contributed by atoms with Gasteiger partial charge < -0.3 is 10.2 Å². The molecule has 2 rings (SSSR count). The van der Waals surface area contributed by atoms with Gasteiger partial charge in [-0.05, 0) is 45.6 Å². The average Bonchev–Trinajstić information content (AvgIpc) is 2.94. The molecule has 1 aromatic carbocycles. The molecule has 1 unspecified atom stereocenters. The van der Waals surface area contributed by atoms with E-state index in [9.17, 15) is 18.0 Å². The summed E-state index contributed by atoms with van der Waals surface area (Å²) in [5, 5.41) is 2.73. The molecule has 0 bridgehead atoms. The third kappa shape index (κ3) is 4.12. The molecule has 1 N–H and O–H groups in total. The van der Waals surface area contributed by atoms with E-state index in [1.807, 2.05) is 19.0 Å². The van der Waals surface area contributed by atoms with Crippen LogP contribution < -0.4 is 5.32 Å². The Morgan fingerprint density at radius 1 is 1.29 bits per heavy atom. The molecule has 0 aromatic heterocycles. The smallest absolute Gasteiger partial charge is 0.267 e. The van der Waals surface area contributed by atoms with Gasteiger partial charge in [-0.1, -0.05) is 18.2 Å². The largest absolute Gasteiger partial charge is 0.354 e. The monoisotopic (exact) mass is 353 g/mol. The van der Waals surface area contributed by atoms with Gasteiger partial charge in [0.2, 0.25) is 11.8 Å². The topological polar surface area (TPSA) is 86.8 Å². The van der Waals surface area contributed by atoms with Gasteiger partial charge in [-0.3, -0.25) is 9.59 Å². The van der Waals surface area contributed by atoms with Crippen molar-refractivity contribution < 1.29 is 18.0 Å². The number of carbonyl (C=O) groups is 2. The van der Waals surface area contributed by atoms with Crippen LogP contribution in [-0.4, -0.2) is 62.7 Å². The fourth-order valence-corrected chi connectivity index (χ4v) is 4.26. The molecule has 2 amide bonds. The van der Waals surface area contributed by atoms with E-state index in [1.54, 1.807) is 18.2 Å². The first kappa shape index (κ1) is 18.4. The molecule has 1 atom stereocenters. The standard InChI is InChI=1S/C16H23N3O4S/c1-18(2)12-6-11-17-16(21)14-9-10-15(20)19(14)24(22,23)13-7-4-3-5-8-13/h3-5,7-8,14H,6,9-12H2,1-2H3,(H,17,21). The zero-order chi connectivity index (χ0) is 17.7. The summed E-state index contributed by atoms with van der Waals surface area (Å²) in [6.45, 7) is 1.26. The SMILES string of the molecule is CN(C)CCCNC(=O)C1CCC(=O)N1S(=O)(=O)c1ccccc1. The number of hydrogen-bond donors (Lipinski definition) is 1. The summed E-state index contributed by atoms with van der Waals surface area (Å²) in [5.74, 6) is -0.952. The zero-order valence-corrected chi connectivity index (χ0v) is 14.8. The summed E-state index contributed by atoms with van der Waals surface area (Å²) in [6, 6.07) is 6.75. The second kappa shape index (κ2) is 7.76. The van der Waals surface area contributed by atoms with Crippen LogP contribution in [0.1, 0.15) is 19.3 Å². The normalized spacial score (nSPS) is 18.2. The van der Waals surface area contributed by atoms with E-state index in [0.29, 0.717) is 6.54 Å². The molecule has 0 spiro atoms. The maximum atomic E-state index is 12.7. The molecular formula is C16H23N3O4S. The second-order valence-electron chi connectivity index (χ2n) is 6.01. The Bertz CT molecular complexity index is 689. The summed E-state index contributed by atoms with van der Waals surface area (Å²) >= 11 is 0. The van der Waals surface area contributed by atoms with E-state index in [2.05, 4.69) is 5.32 Å². The number of rotatable bonds is 7. The summed E-state index contributed by atoms with van der Waals surface area (Å²) in [7, 11) is -0.139. The molecule has 0 saturated carbocycles. The van der Waals surface area contributed by atoms with Gasteiger partial charge in [0.25, 0.3) is 10.0 Å². The first-order chi connectivity index (χ1) is 11.3. The maximum absolute atomic E-state index is 12.7. The number of sulfonamides is 1. The van der Waals surface area contributed by atoms with Crippen molar-refractivity contribution in [3.8, 4) is 0 Å². The van der Waals surface area contributed by atoms with Crippen molar-refractivity contribution in [2.24, 2.45) is 0 Å². The molecule has 0 aliphatic carbocycles. The van der Waals surface area contributed by atoms with Gasteiger partial charge in [0.05, 0.1) is 4.90 Å². The maximum Gasteiger partial charge on any atom is 0.267 e. The Balaban J connectivity index is 2.10. The highest BCUT2D eigenvalue weighted by Crippen LogP contribution is 2.27. The Morgan fingerprint density at radius 3 is 2.58 bits per heavy atom. The Kier molecular flexibility index (Phi) is 5.95. The molecule has 1 aromatic rings. The van der Waals surface area contributed by atoms with E-state index in [-0.39, 0.29) is 17.7 Å². The second-order valence-corrected chi connectivity index (χ2v) is 7.82. The van der Waals surface area contributed by atoms with Crippen molar-refractivity contribution in [2.75, 3.05) is 27.2 Å². The van der Waals surface area contributed by atoms with Gasteiger partial charge in [-0.15, -0.1) is 0 Å². The summed E-state index contributed by atoms with van der Waals surface area (Å²) < 4.78 is 26.1. The van der Waals surface area contributed by atoms with Gasteiger partial charge in [0, 0.05) is 13.0 Å². The minimum atomic E-state index is -4.01. The van der Waals surface area contributed by atoms with Crippen LogP contribution in [0.3, 0.4) is 0 Å². The van der Waals surface area contributed by atoms with Crippen LogP contribution >= 0.6 is 0 Å². The molecule has 1 aliphatic heterocycles. The fourth-order valence-electron chi connectivity index (χ4n) is 2.63. The van der Waals surface area contributed by atoms with Crippen molar-refractivity contribution in [2.45, 2.75) is 30.2 Å². The van der Waals surface area contributed by atoms with Gasteiger partial charge >= 0.3 is 0 Å². The first-order valence-corrected chi connectivity index (χ1v) is 9.33. The molecule has 7 nitrogen and oxygen atoms in total. The summed E-state index contributed by atoms with van der Waals surface area (Å²) in [6.07, 6.45) is 1.02. The van der Waals surface area contributed by atoms with E-state index in [1.165, 1.54) is 12.1 Å². The number of amides is 2. The molecule has 1 fully saturated rings. The average molecular weight is 353 g/mol. The van der Waals surface area contributed by atoms with Gasteiger partial charge in [-0.2, -0.15) is 0 Å². The molecule has 132 valence electrons. The Labute approximate surface area is 142 Å². The molecule has 24 heavy (non-hydrogen) atoms. The molecule has 1 saturated heterocycles. The van der Waals surface area contributed by atoms with Gasteiger partial charge in [0.15, 0.2) is 0 Å². The quantitative estimate of drug-likeness (QED) is 0.719. The highest BCUT2D eigenvalue weighted by molar-refractivity contribution is 7.89. The van der Waals surface area contributed by atoms with Gasteiger partial charge in [0.1, 0.15) is 6.04 Å². The van der Waals surface area contributed by atoms with Crippen LogP contribution in [0.4, 0.5) is 0 Å². The first-order valence-electron chi connectivity index (χ1n) is 7.89. The van der Waals surface area contributed by atoms with Crippen molar-refractivity contribution >= 4 is 21.8 Å². The van der Waals surface area contributed by atoms with E-state index < -0.39 is 27.9 Å². The van der Waals surface area contributed by atoms with Crippen molar-refractivity contribution in [1.82, 2.24) is 14.5 Å². The number of benzene rings is 1. The Morgan fingerprint density at radius 2 is 1.96 bits per heavy atom. The number of nitrogens with one attached hydrogen (secondary N) is 1. The van der Waals surface area contributed by atoms with E-state index in [4.69, 9.17) is 0 Å². The van der Waals surface area contributed by atoms with Crippen molar-refractivity contribution in [1.29, 1.82) is 0 Å². The number of nitrogens with zero attached hydrogens (tertiary/aromatic N) is 2. The minimum absolute atomic E-state index is 0.0191. The zero-order valence-electron chi connectivity index (χ0n) is 13.9. The Hall–Kier alpha value is -1.93. The fraction of sp³-hybridized carbons (Fsp3) is 0.500. The van der Waals surface area contributed by atoms with Crippen LogP contribution in [0.5, 0.6) is 0 Å². The third-order valence-corrected chi connectivity index (χ3v) is 5.69. The lowest BCUT2D eigenvalue weighted by Crippen LogP contribution is -2.47. The highest BCUT2D eigenvalue weighted by atomic mass is 32.2. The van der Waals surface area contributed by atoms with Gasteiger partial charge in [-0.25, -0.2) is 12.7 Å². The third-order valence-electron chi connectivity index (χ3n) is 3.84. The van der Waals surface area contributed by atoms with Crippen LogP contribution in [-0.2, 0) is 19.6 Å². The van der Waals surface area contributed by atoms with E-state index in [0.717, 1.165) is 17.3 Å². The van der Waals surface area contributed by atoms with Crippen LogP contribution in [0.15, 0.2) is 35.2 Å². The van der Waals surface area contributed by atoms with E-state index >= 15 is 0 Å². The summed E-state index contributed by atoms with van der Waals surface area (Å²) in [4.78, 5) is 26.4. The molecule has 0 radical (unpaired) electrons. The van der Waals surface area contributed by atoms with Crippen LogP contribution in [0.25, 0.3) is 0 Å². The lowest BCUT2D eigenvalue weighted by molar-refractivity contribution is -0.130. The van der Waals surface area contributed by atoms with Crippen LogP contribution in [0.2, 0.25) is 0 Å². The molecule has 1 aliphatic rings. The minimum Gasteiger partial charge on any atom is -0.354 e. The number of hydrogen-bond acceptors (Lipinski definition) is 5. The van der Waals surface area contributed by atoms with Crippen molar-refractivity contribution in [3.63, 3.8) is 0 Å². The lowest BCUT2D eigenvalue weighted by Gasteiger charge is -2.23. The highest BCUT2D eigenvalue weighted by Gasteiger charge is 2.43. The molecule has 8 heteroatoms. The number of carbonyl (C=O) groups excluding carboxylic acids is 2. The van der Waals surface area contributed by atoms with Crippen molar-refractivity contribution in [3.05, 3.63) is 30.3 Å². The predicted molar refractivity (Wildman–Crippen MR) is 89.7 cm³/mol. The summed E-state index contributed by atoms with van der Waals surface area (Å²) in [5.41, 5.74) is 0. The van der Waals surface area contributed by atoms with Crippen LogP contribution in [0, 0.1) is 0 Å². The predicted octanol–water partition coefficient (Wildman–Crippen LogP) is 0.434. The molecular weight excluding hydrogens is 330 g/mol. The lowest BCUT2D eigenvalue weighted by atomic mass is 10.2. The molecule has 1 heterocycles.